The van der Waals surface area contributed by atoms with Gasteiger partial charge in [0.15, 0.2) is 0 Å². The van der Waals surface area contributed by atoms with Crippen LogP contribution in [0.15, 0.2) is 114 Å². The molecule has 324 valence electrons. The van der Waals surface area contributed by atoms with Crippen molar-refractivity contribution in [2.24, 2.45) is 0 Å². The summed E-state index contributed by atoms with van der Waals surface area (Å²) in [4.78, 5) is 5.22. The predicted molar refractivity (Wildman–Crippen MR) is 274 cm³/mol. The molecule has 4 aliphatic rings. The van der Waals surface area contributed by atoms with Crippen LogP contribution in [-0.4, -0.2) is 6.71 Å². The van der Waals surface area contributed by atoms with Gasteiger partial charge in [0, 0.05) is 33.7 Å². The molecule has 0 saturated heterocycles. The Balaban J connectivity index is 1.29. The van der Waals surface area contributed by atoms with Gasteiger partial charge < -0.3 is 14.2 Å². The first-order valence-electron chi connectivity index (χ1n) is 24.0. The lowest BCUT2D eigenvalue weighted by atomic mass is 9.35. The highest BCUT2D eigenvalue weighted by molar-refractivity contribution is 7.00. The van der Waals surface area contributed by atoms with E-state index in [0.29, 0.717) is 0 Å². The number of furan rings is 1. The standard InChI is InChI=1S/C60H65BN2O/c1-36-19-24-41(38-17-15-14-16-18-38)48(29-36)63-51-31-37(2)30-50-53(51)61(55-54(63)42-32-43-46(35-52(42)64-55)60(12,13)28-25-57(43,6)7)47-33-44-45(59(10,11)27-26-58(44,8)9)34-49(47)62(50)40-22-20-39(21-23-40)56(3,4)5/h14-24,29-35H,25-28H2,1-13H3. The minimum absolute atomic E-state index is 0.0369. The van der Waals surface area contributed by atoms with Gasteiger partial charge in [-0.1, -0.05) is 137 Å². The summed E-state index contributed by atoms with van der Waals surface area (Å²) in [7, 11) is 0. The van der Waals surface area contributed by atoms with Crippen LogP contribution in [0.2, 0.25) is 0 Å². The number of aryl methyl sites for hydroxylation is 2. The van der Waals surface area contributed by atoms with Crippen molar-refractivity contribution in [2.45, 2.75) is 143 Å². The van der Waals surface area contributed by atoms with Crippen LogP contribution in [0.25, 0.3) is 22.1 Å². The van der Waals surface area contributed by atoms with E-state index in [1.807, 2.05) is 0 Å². The number of nitrogens with zero attached hydrogens (tertiary/aromatic N) is 2. The van der Waals surface area contributed by atoms with Gasteiger partial charge in [0.2, 0.25) is 0 Å². The second-order valence-corrected chi connectivity index (χ2v) is 23.7. The van der Waals surface area contributed by atoms with Crippen LogP contribution in [0.4, 0.5) is 34.1 Å². The third-order valence-electron chi connectivity index (χ3n) is 16.2. The molecular formula is C60H65BN2O. The third-order valence-corrected chi connectivity index (χ3v) is 16.2. The molecule has 7 aromatic rings. The lowest BCUT2D eigenvalue weighted by Crippen LogP contribution is -2.61. The average Bonchev–Trinajstić information content (AvgIpc) is 3.61. The zero-order valence-corrected chi connectivity index (χ0v) is 40.6. The van der Waals surface area contributed by atoms with E-state index in [4.69, 9.17) is 4.42 Å². The molecule has 0 amide bonds. The van der Waals surface area contributed by atoms with Crippen LogP contribution in [0.5, 0.6) is 0 Å². The van der Waals surface area contributed by atoms with Crippen LogP contribution in [0.1, 0.15) is 141 Å². The molecule has 0 radical (unpaired) electrons. The van der Waals surface area contributed by atoms with Crippen molar-refractivity contribution in [1.29, 1.82) is 0 Å². The average molecular weight is 841 g/mol. The largest absolute Gasteiger partial charge is 0.468 e. The number of fused-ring (bicyclic) bond motifs is 8. The van der Waals surface area contributed by atoms with Crippen molar-refractivity contribution >= 4 is 68.4 Å². The fourth-order valence-corrected chi connectivity index (χ4v) is 12.1. The summed E-state index contributed by atoms with van der Waals surface area (Å²) >= 11 is 0. The molecule has 11 rings (SSSR count). The molecule has 0 bridgehead atoms. The first-order valence-corrected chi connectivity index (χ1v) is 24.0. The molecule has 3 heterocycles. The summed E-state index contributed by atoms with van der Waals surface area (Å²) in [5.41, 5.74) is 24.2. The highest BCUT2D eigenvalue weighted by Crippen LogP contribution is 2.54. The monoisotopic (exact) mass is 841 g/mol. The van der Waals surface area contributed by atoms with Crippen molar-refractivity contribution in [3.8, 4) is 11.1 Å². The minimum atomic E-state index is -0.112. The lowest BCUT2D eigenvalue weighted by molar-refractivity contribution is 0.332. The fraction of sp³-hybridized carbons (Fsp3) is 0.367. The maximum absolute atomic E-state index is 7.65. The Morgan fingerprint density at radius 2 is 1.08 bits per heavy atom. The molecule has 64 heavy (non-hydrogen) atoms. The lowest BCUT2D eigenvalue weighted by Gasteiger charge is -2.46. The minimum Gasteiger partial charge on any atom is -0.468 e. The smallest absolute Gasteiger partial charge is 0.297 e. The molecule has 0 atom stereocenters. The van der Waals surface area contributed by atoms with Gasteiger partial charge in [-0.05, 0) is 171 Å². The maximum Gasteiger partial charge on any atom is 0.297 e. The SMILES string of the molecule is Cc1ccc(-c2ccccc2)c(N2c3cc(C)cc4c3B(c3cc5c(cc3N4c3ccc(C(C)(C)C)cc3)C(C)(C)CCC5(C)C)c3oc4cc5c(cc4c32)C(C)(C)CCC5(C)C)c1. The number of anilines is 6. The molecule has 0 fully saturated rings. The van der Waals surface area contributed by atoms with Crippen molar-refractivity contribution < 1.29 is 4.42 Å². The van der Waals surface area contributed by atoms with E-state index in [-0.39, 0.29) is 33.8 Å². The molecule has 0 unspecified atom stereocenters. The highest BCUT2D eigenvalue weighted by atomic mass is 16.3. The van der Waals surface area contributed by atoms with Crippen LogP contribution in [-0.2, 0) is 27.1 Å². The first-order chi connectivity index (χ1) is 30.1. The fourth-order valence-electron chi connectivity index (χ4n) is 12.1. The molecule has 0 spiro atoms. The van der Waals surface area contributed by atoms with E-state index in [1.165, 1.54) is 101 Å². The van der Waals surface area contributed by atoms with Gasteiger partial charge in [-0.2, -0.15) is 0 Å². The number of hydrogen-bond donors (Lipinski definition) is 0. The van der Waals surface area contributed by atoms with E-state index in [0.717, 1.165) is 36.9 Å². The topological polar surface area (TPSA) is 19.6 Å². The van der Waals surface area contributed by atoms with Crippen molar-refractivity contribution in [3.05, 3.63) is 148 Å². The second kappa shape index (κ2) is 13.5. The van der Waals surface area contributed by atoms with Gasteiger partial charge in [-0.25, -0.2) is 0 Å². The van der Waals surface area contributed by atoms with Crippen molar-refractivity contribution in [1.82, 2.24) is 0 Å². The first kappa shape index (κ1) is 41.2. The summed E-state index contributed by atoms with van der Waals surface area (Å²) in [5, 5.41) is 1.20. The van der Waals surface area contributed by atoms with Crippen LogP contribution in [0, 0.1) is 13.8 Å². The Morgan fingerprint density at radius 1 is 0.531 bits per heavy atom. The Morgan fingerprint density at radius 3 is 1.69 bits per heavy atom. The number of rotatable bonds is 3. The molecule has 2 aliphatic carbocycles. The maximum atomic E-state index is 7.65. The second-order valence-electron chi connectivity index (χ2n) is 23.7. The summed E-state index contributed by atoms with van der Waals surface area (Å²) in [6.07, 6.45) is 4.63. The van der Waals surface area contributed by atoms with E-state index in [2.05, 4.69) is 209 Å². The molecule has 1 aromatic heterocycles. The van der Waals surface area contributed by atoms with Gasteiger partial charge >= 0.3 is 0 Å². The zero-order chi connectivity index (χ0) is 45.0. The van der Waals surface area contributed by atoms with Crippen molar-refractivity contribution in [2.75, 3.05) is 9.80 Å². The van der Waals surface area contributed by atoms with Gasteiger partial charge in [-0.15, -0.1) is 0 Å². The Kier molecular flexibility index (Phi) is 8.72. The summed E-state index contributed by atoms with van der Waals surface area (Å²) in [6.45, 7) is 30.9. The van der Waals surface area contributed by atoms with Gasteiger partial charge in [0.05, 0.1) is 17.0 Å². The van der Waals surface area contributed by atoms with E-state index >= 15 is 0 Å². The van der Waals surface area contributed by atoms with E-state index in [9.17, 15) is 0 Å². The molecule has 3 nitrogen and oxygen atoms in total. The predicted octanol–water partition coefficient (Wildman–Crippen LogP) is 14.8. The molecule has 0 saturated carbocycles. The van der Waals surface area contributed by atoms with E-state index < -0.39 is 0 Å². The summed E-state index contributed by atoms with van der Waals surface area (Å²) < 4.78 is 7.65. The molecule has 6 aromatic carbocycles. The van der Waals surface area contributed by atoms with Gasteiger partial charge in [0.1, 0.15) is 5.58 Å². The number of benzene rings is 6. The van der Waals surface area contributed by atoms with Gasteiger partial charge in [-0.3, -0.25) is 0 Å². The molecule has 4 heteroatoms. The molecular weight excluding hydrogens is 775 g/mol. The normalized spacial score (nSPS) is 18.5. The Bertz CT molecular complexity index is 3060. The third kappa shape index (κ3) is 6.06. The quantitative estimate of drug-likeness (QED) is 0.165. The van der Waals surface area contributed by atoms with Gasteiger partial charge in [0.25, 0.3) is 6.71 Å². The summed E-state index contributed by atoms with van der Waals surface area (Å²) in [5.74, 6) is 0. The number of hydrogen-bond acceptors (Lipinski definition) is 3. The highest BCUT2D eigenvalue weighted by Gasteiger charge is 2.50. The Labute approximate surface area is 383 Å². The van der Waals surface area contributed by atoms with Crippen LogP contribution >= 0.6 is 0 Å². The van der Waals surface area contributed by atoms with Crippen LogP contribution in [0.3, 0.4) is 0 Å². The zero-order valence-electron chi connectivity index (χ0n) is 40.6. The van der Waals surface area contributed by atoms with Crippen LogP contribution < -0.4 is 26.4 Å². The molecule has 2 aliphatic heterocycles. The van der Waals surface area contributed by atoms with Crippen molar-refractivity contribution in [3.63, 3.8) is 0 Å². The van der Waals surface area contributed by atoms with E-state index in [1.54, 1.807) is 0 Å². The molecule has 0 N–H and O–H groups in total. The summed E-state index contributed by atoms with van der Waals surface area (Å²) in [6, 6.07) is 42.5. The Hall–Kier alpha value is -5.48.